The Morgan fingerprint density at radius 3 is 2.33 bits per heavy atom. The Hall–Kier alpha value is -1.29. The predicted octanol–water partition coefficient (Wildman–Crippen LogP) is 3.52. The number of rotatable bonds is 3. The van der Waals surface area contributed by atoms with Gasteiger partial charge in [-0.15, -0.1) is 12.4 Å². The van der Waals surface area contributed by atoms with Gasteiger partial charge in [0.1, 0.15) is 5.75 Å². The molecule has 21 heavy (non-hydrogen) atoms. The van der Waals surface area contributed by atoms with E-state index >= 15 is 0 Å². The SMILES string of the molecule is Cl.N[C@@H](c1ccc2cc(O)ccc2c1)[C@H](O)C1CCCC1. The van der Waals surface area contributed by atoms with Crippen LogP contribution in [0.2, 0.25) is 0 Å². The van der Waals surface area contributed by atoms with Crippen LogP contribution in [0.4, 0.5) is 0 Å². The number of aromatic hydroxyl groups is 1. The molecule has 1 aliphatic carbocycles. The number of aliphatic hydroxyl groups excluding tert-OH is 1. The molecular formula is C17H22ClNO2. The monoisotopic (exact) mass is 307 g/mol. The Morgan fingerprint density at radius 1 is 1.00 bits per heavy atom. The fourth-order valence-corrected chi connectivity index (χ4v) is 3.25. The van der Waals surface area contributed by atoms with Crippen LogP contribution < -0.4 is 5.73 Å². The summed E-state index contributed by atoms with van der Waals surface area (Å²) >= 11 is 0. The second-order valence-corrected chi connectivity index (χ2v) is 5.85. The molecule has 1 aliphatic rings. The van der Waals surface area contributed by atoms with Gasteiger partial charge >= 0.3 is 0 Å². The maximum absolute atomic E-state index is 10.4. The molecule has 3 rings (SSSR count). The zero-order valence-corrected chi connectivity index (χ0v) is 12.7. The Morgan fingerprint density at radius 2 is 1.62 bits per heavy atom. The van der Waals surface area contributed by atoms with Gasteiger partial charge in [-0.25, -0.2) is 0 Å². The highest BCUT2D eigenvalue weighted by atomic mass is 35.5. The Balaban J connectivity index is 0.00000161. The molecule has 2 aromatic rings. The second-order valence-electron chi connectivity index (χ2n) is 5.85. The summed E-state index contributed by atoms with van der Waals surface area (Å²) < 4.78 is 0. The summed E-state index contributed by atoms with van der Waals surface area (Å²) in [5, 5.41) is 21.9. The van der Waals surface area contributed by atoms with Gasteiger partial charge in [0.05, 0.1) is 12.1 Å². The first-order valence-electron chi connectivity index (χ1n) is 7.31. The van der Waals surface area contributed by atoms with E-state index in [1.54, 1.807) is 12.1 Å². The molecule has 0 spiro atoms. The van der Waals surface area contributed by atoms with Crippen LogP contribution in [0.5, 0.6) is 5.75 Å². The molecule has 1 saturated carbocycles. The van der Waals surface area contributed by atoms with E-state index in [2.05, 4.69) is 0 Å². The van der Waals surface area contributed by atoms with Crippen molar-refractivity contribution in [3.8, 4) is 5.75 Å². The highest BCUT2D eigenvalue weighted by Crippen LogP contribution is 2.33. The lowest BCUT2D eigenvalue weighted by Crippen LogP contribution is -2.31. The largest absolute Gasteiger partial charge is 0.508 e. The topological polar surface area (TPSA) is 66.5 Å². The van der Waals surface area contributed by atoms with E-state index in [1.165, 1.54) is 12.8 Å². The molecule has 2 aromatic carbocycles. The number of phenols is 1. The number of nitrogens with two attached hydrogens (primary N) is 1. The summed E-state index contributed by atoms with van der Waals surface area (Å²) in [5.74, 6) is 0.598. The lowest BCUT2D eigenvalue weighted by molar-refractivity contribution is 0.0845. The minimum absolute atomic E-state index is 0. The third-order valence-corrected chi connectivity index (χ3v) is 4.48. The highest BCUT2D eigenvalue weighted by molar-refractivity contribution is 5.85. The minimum Gasteiger partial charge on any atom is -0.508 e. The van der Waals surface area contributed by atoms with Crippen molar-refractivity contribution in [2.75, 3.05) is 0 Å². The number of phenolic OH excluding ortho intramolecular Hbond substituents is 1. The van der Waals surface area contributed by atoms with E-state index in [0.717, 1.165) is 29.2 Å². The van der Waals surface area contributed by atoms with E-state index in [0.29, 0.717) is 5.92 Å². The van der Waals surface area contributed by atoms with Crippen molar-refractivity contribution >= 4 is 23.2 Å². The molecular weight excluding hydrogens is 286 g/mol. The summed E-state index contributed by atoms with van der Waals surface area (Å²) in [6, 6.07) is 10.9. The number of fused-ring (bicyclic) bond motifs is 1. The quantitative estimate of drug-likeness (QED) is 0.813. The molecule has 0 radical (unpaired) electrons. The lowest BCUT2D eigenvalue weighted by atomic mass is 9.90. The lowest BCUT2D eigenvalue weighted by Gasteiger charge is -2.24. The van der Waals surface area contributed by atoms with Crippen molar-refractivity contribution in [1.29, 1.82) is 0 Å². The van der Waals surface area contributed by atoms with Crippen LogP contribution in [0.25, 0.3) is 10.8 Å². The Labute approximate surface area is 131 Å². The molecule has 0 unspecified atom stereocenters. The van der Waals surface area contributed by atoms with Gasteiger partial charge in [-0.05, 0) is 53.3 Å². The molecule has 0 bridgehead atoms. The first-order valence-corrected chi connectivity index (χ1v) is 7.31. The van der Waals surface area contributed by atoms with Crippen molar-refractivity contribution in [3.63, 3.8) is 0 Å². The van der Waals surface area contributed by atoms with Crippen molar-refractivity contribution < 1.29 is 10.2 Å². The standard InChI is InChI=1S/C17H21NO2.ClH/c18-16(17(20)11-3-1-2-4-11)14-6-5-13-10-15(19)8-7-12(13)9-14;/h5-11,16-17,19-20H,1-4,18H2;1H/t16-,17+;/m0./s1. The second kappa shape index (κ2) is 6.65. The van der Waals surface area contributed by atoms with Gasteiger partial charge in [0.2, 0.25) is 0 Å². The zero-order valence-electron chi connectivity index (χ0n) is 11.9. The average Bonchev–Trinajstić information content (AvgIpc) is 2.99. The fraction of sp³-hybridized carbons (Fsp3) is 0.412. The smallest absolute Gasteiger partial charge is 0.116 e. The summed E-state index contributed by atoms with van der Waals surface area (Å²) in [5.41, 5.74) is 7.20. The number of benzene rings is 2. The molecule has 3 nitrogen and oxygen atoms in total. The first kappa shape index (κ1) is 16.1. The van der Waals surface area contributed by atoms with Crippen LogP contribution in [0.1, 0.15) is 37.3 Å². The summed E-state index contributed by atoms with van der Waals surface area (Å²) in [7, 11) is 0. The van der Waals surface area contributed by atoms with E-state index in [9.17, 15) is 10.2 Å². The van der Waals surface area contributed by atoms with Gasteiger partial charge in [-0.1, -0.05) is 31.0 Å². The number of hydrogen-bond acceptors (Lipinski definition) is 3. The van der Waals surface area contributed by atoms with E-state index in [1.807, 2.05) is 24.3 Å². The first-order chi connectivity index (χ1) is 9.65. The maximum atomic E-state index is 10.4. The summed E-state index contributed by atoms with van der Waals surface area (Å²) in [4.78, 5) is 0. The molecule has 0 aliphatic heterocycles. The molecule has 0 amide bonds. The number of hydrogen-bond donors (Lipinski definition) is 3. The van der Waals surface area contributed by atoms with Gasteiger partial charge in [0, 0.05) is 0 Å². The average molecular weight is 308 g/mol. The predicted molar refractivity (Wildman–Crippen MR) is 87.8 cm³/mol. The van der Waals surface area contributed by atoms with Gasteiger partial charge in [-0.2, -0.15) is 0 Å². The summed E-state index contributed by atoms with van der Waals surface area (Å²) in [6.07, 6.45) is 4.09. The van der Waals surface area contributed by atoms with Crippen LogP contribution in [0.3, 0.4) is 0 Å². The van der Waals surface area contributed by atoms with Crippen molar-refractivity contribution in [1.82, 2.24) is 0 Å². The Bertz CT molecular complexity index is 611. The molecule has 1 fully saturated rings. The molecule has 4 heteroatoms. The number of halogens is 1. The van der Waals surface area contributed by atoms with Crippen LogP contribution in [0, 0.1) is 5.92 Å². The van der Waals surface area contributed by atoms with Gasteiger partial charge < -0.3 is 15.9 Å². The van der Waals surface area contributed by atoms with Gasteiger partial charge in [-0.3, -0.25) is 0 Å². The van der Waals surface area contributed by atoms with Crippen molar-refractivity contribution in [3.05, 3.63) is 42.0 Å². The third kappa shape index (κ3) is 3.31. The molecule has 0 saturated heterocycles. The van der Waals surface area contributed by atoms with E-state index in [4.69, 9.17) is 5.73 Å². The van der Waals surface area contributed by atoms with Crippen LogP contribution in [0.15, 0.2) is 36.4 Å². The normalized spacial score (nSPS) is 18.4. The molecule has 2 atom stereocenters. The van der Waals surface area contributed by atoms with E-state index < -0.39 is 6.10 Å². The molecule has 0 heterocycles. The minimum atomic E-state index is -0.466. The van der Waals surface area contributed by atoms with E-state index in [-0.39, 0.29) is 24.2 Å². The van der Waals surface area contributed by atoms with Crippen LogP contribution >= 0.6 is 12.4 Å². The molecule has 114 valence electrons. The zero-order chi connectivity index (χ0) is 14.1. The molecule has 4 N–H and O–H groups in total. The van der Waals surface area contributed by atoms with Crippen molar-refractivity contribution in [2.45, 2.75) is 37.8 Å². The Kier molecular flexibility index (Phi) is 5.09. The van der Waals surface area contributed by atoms with Crippen LogP contribution in [-0.4, -0.2) is 16.3 Å². The van der Waals surface area contributed by atoms with Gasteiger partial charge in [0.15, 0.2) is 0 Å². The highest BCUT2D eigenvalue weighted by Gasteiger charge is 2.28. The summed E-state index contributed by atoms with van der Waals surface area (Å²) in [6.45, 7) is 0. The van der Waals surface area contributed by atoms with Crippen molar-refractivity contribution in [2.24, 2.45) is 11.7 Å². The third-order valence-electron chi connectivity index (χ3n) is 4.48. The number of aliphatic hydroxyl groups is 1. The molecule has 0 aromatic heterocycles. The fourth-order valence-electron chi connectivity index (χ4n) is 3.25. The maximum Gasteiger partial charge on any atom is 0.116 e. The van der Waals surface area contributed by atoms with Gasteiger partial charge in [0.25, 0.3) is 0 Å². The van der Waals surface area contributed by atoms with Crippen LogP contribution in [-0.2, 0) is 0 Å².